The summed E-state index contributed by atoms with van der Waals surface area (Å²) in [5.74, 6) is 3.00. The van der Waals surface area contributed by atoms with E-state index in [9.17, 15) is 4.79 Å². The minimum atomic E-state index is -0.307. The predicted molar refractivity (Wildman–Crippen MR) is 76.5 cm³/mol. The van der Waals surface area contributed by atoms with Crippen LogP contribution in [0.3, 0.4) is 0 Å². The third-order valence-electron chi connectivity index (χ3n) is 5.87. The summed E-state index contributed by atoms with van der Waals surface area (Å²) >= 11 is 0. The molecular formula is C16H28N2O. The van der Waals surface area contributed by atoms with E-state index in [4.69, 9.17) is 5.73 Å². The predicted octanol–water partition coefficient (Wildman–Crippen LogP) is 2.40. The van der Waals surface area contributed by atoms with Crippen LogP contribution in [-0.2, 0) is 4.79 Å². The van der Waals surface area contributed by atoms with Gasteiger partial charge >= 0.3 is 0 Å². The normalized spacial score (nSPS) is 41.3. The monoisotopic (exact) mass is 264 g/mol. The first kappa shape index (κ1) is 13.4. The third kappa shape index (κ3) is 2.42. The second-order valence-electron chi connectivity index (χ2n) is 7.63. The maximum Gasteiger partial charge on any atom is 0.239 e. The molecule has 1 atom stereocenters. The zero-order valence-electron chi connectivity index (χ0n) is 12.4. The van der Waals surface area contributed by atoms with Crippen LogP contribution in [0.25, 0.3) is 0 Å². The van der Waals surface area contributed by atoms with Crippen LogP contribution in [0.15, 0.2) is 0 Å². The third-order valence-corrected chi connectivity index (χ3v) is 5.87. The van der Waals surface area contributed by atoms with Crippen LogP contribution in [0.4, 0.5) is 0 Å². The number of nitrogens with zero attached hydrogens (tertiary/aromatic N) is 1. The Balaban J connectivity index is 1.67. The van der Waals surface area contributed by atoms with Crippen molar-refractivity contribution in [2.24, 2.45) is 28.9 Å². The molecule has 0 aromatic rings. The van der Waals surface area contributed by atoms with Gasteiger partial charge in [-0.05, 0) is 68.1 Å². The summed E-state index contributed by atoms with van der Waals surface area (Å²) in [7, 11) is 1.95. The van der Waals surface area contributed by atoms with Crippen molar-refractivity contribution in [2.45, 2.75) is 57.9 Å². The van der Waals surface area contributed by atoms with E-state index in [0.29, 0.717) is 5.41 Å². The van der Waals surface area contributed by atoms with Crippen molar-refractivity contribution in [1.29, 1.82) is 0 Å². The fourth-order valence-electron chi connectivity index (χ4n) is 5.52. The Labute approximate surface area is 116 Å². The Kier molecular flexibility index (Phi) is 3.36. The van der Waals surface area contributed by atoms with Gasteiger partial charge in [0.2, 0.25) is 5.91 Å². The lowest BCUT2D eigenvalue weighted by Gasteiger charge is -2.57. The van der Waals surface area contributed by atoms with Gasteiger partial charge in [-0.1, -0.05) is 6.92 Å². The fraction of sp³-hybridized carbons (Fsp3) is 0.938. The molecule has 4 aliphatic carbocycles. The van der Waals surface area contributed by atoms with Crippen molar-refractivity contribution in [3.05, 3.63) is 0 Å². The number of rotatable bonds is 4. The largest absolute Gasteiger partial charge is 0.344 e. The van der Waals surface area contributed by atoms with E-state index in [0.717, 1.165) is 30.7 Å². The van der Waals surface area contributed by atoms with Gasteiger partial charge in [0.25, 0.3) is 0 Å². The van der Waals surface area contributed by atoms with Crippen molar-refractivity contribution in [3.63, 3.8) is 0 Å². The molecule has 2 N–H and O–H groups in total. The molecule has 1 amide bonds. The van der Waals surface area contributed by atoms with Crippen molar-refractivity contribution in [1.82, 2.24) is 4.90 Å². The number of hydrogen-bond acceptors (Lipinski definition) is 2. The standard InChI is InChI=1S/C16H28N2O/c1-3-14(17)15(19)18(2)10-16-7-11-4-12(8-16)6-13(5-11)9-16/h11-14H,3-10,17H2,1-2H3. The van der Waals surface area contributed by atoms with Crippen molar-refractivity contribution in [3.8, 4) is 0 Å². The second kappa shape index (κ2) is 4.76. The van der Waals surface area contributed by atoms with E-state index in [2.05, 4.69) is 0 Å². The Morgan fingerprint density at radius 1 is 1.21 bits per heavy atom. The maximum absolute atomic E-state index is 12.2. The van der Waals surface area contributed by atoms with Crippen LogP contribution in [0.1, 0.15) is 51.9 Å². The Morgan fingerprint density at radius 3 is 2.11 bits per heavy atom. The first-order valence-corrected chi connectivity index (χ1v) is 8.02. The van der Waals surface area contributed by atoms with Crippen LogP contribution < -0.4 is 5.73 Å². The van der Waals surface area contributed by atoms with Gasteiger partial charge in [-0.25, -0.2) is 0 Å². The van der Waals surface area contributed by atoms with Crippen LogP contribution in [0.2, 0.25) is 0 Å². The highest BCUT2D eigenvalue weighted by Crippen LogP contribution is 2.60. The molecule has 0 aromatic carbocycles. The van der Waals surface area contributed by atoms with Gasteiger partial charge in [0.1, 0.15) is 0 Å². The summed E-state index contributed by atoms with van der Waals surface area (Å²) in [4.78, 5) is 14.1. The average Bonchev–Trinajstić information content (AvgIpc) is 2.34. The van der Waals surface area contributed by atoms with Crippen LogP contribution >= 0.6 is 0 Å². The molecule has 0 radical (unpaired) electrons. The molecule has 1 unspecified atom stereocenters. The number of carbonyl (C=O) groups is 1. The summed E-state index contributed by atoms with van der Waals surface area (Å²) in [6.07, 6.45) is 9.21. The van der Waals surface area contributed by atoms with Crippen molar-refractivity contribution in [2.75, 3.05) is 13.6 Å². The number of amides is 1. The summed E-state index contributed by atoms with van der Waals surface area (Å²) in [6.45, 7) is 2.93. The molecule has 0 aliphatic heterocycles. The van der Waals surface area contributed by atoms with E-state index in [1.54, 1.807) is 0 Å². The highest BCUT2D eigenvalue weighted by molar-refractivity contribution is 5.81. The zero-order chi connectivity index (χ0) is 13.6. The molecule has 0 saturated heterocycles. The minimum Gasteiger partial charge on any atom is -0.344 e. The first-order chi connectivity index (χ1) is 9.01. The molecule has 19 heavy (non-hydrogen) atoms. The molecule has 4 saturated carbocycles. The van der Waals surface area contributed by atoms with Gasteiger partial charge < -0.3 is 10.6 Å². The Bertz CT molecular complexity index is 330. The lowest BCUT2D eigenvalue weighted by Crippen LogP contribution is -2.53. The second-order valence-corrected chi connectivity index (χ2v) is 7.63. The Hall–Kier alpha value is -0.570. The van der Waals surface area contributed by atoms with E-state index >= 15 is 0 Å². The van der Waals surface area contributed by atoms with Gasteiger partial charge in [0.05, 0.1) is 6.04 Å². The lowest BCUT2D eigenvalue weighted by atomic mass is 9.49. The fourth-order valence-corrected chi connectivity index (χ4v) is 5.52. The van der Waals surface area contributed by atoms with Gasteiger partial charge in [0.15, 0.2) is 0 Å². The van der Waals surface area contributed by atoms with Crippen LogP contribution in [-0.4, -0.2) is 30.4 Å². The highest BCUT2D eigenvalue weighted by Gasteiger charge is 2.51. The summed E-state index contributed by atoms with van der Waals surface area (Å²) in [6, 6.07) is -0.307. The van der Waals surface area contributed by atoms with Gasteiger partial charge in [-0.3, -0.25) is 4.79 Å². The van der Waals surface area contributed by atoms with E-state index < -0.39 is 0 Å². The average molecular weight is 264 g/mol. The van der Waals surface area contributed by atoms with E-state index in [1.807, 2.05) is 18.9 Å². The molecular weight excluding hydrogens is 236 g/mol. The molecule has 4 rings (SSSR count). The summed E-state index contributed by atoms with van der Waals surface area (Å²) < 4.78 is 0. The lowest BCUT2D eigenvalue weighted by molar-refractivity contribution is -0.136. The number of hydrogen-bond donors (Lipinski definition) is 1. The molecule has 108 valence electrons. The molecule has 0 heterocycles. The molecule has 3 heteroatoms. The number of nitrogens with two attached hydrogens (primary N) is 1. The Morgan fingerprint density at radius 2 is 1.68 bits per heavy atom. The SMILES string of the molecule is CCC(N)C(=O)N(C)CC12CC3CC(CC(C3)C1)C2. The van der Waals surface area contributed by atoms with E-state index in [-0.39, 0.29) is 11.9 Å². The van der Waals surface area contributed by atoms with Crippen LogP contribution in [0, 0.1) is 23.2 Å². The summed E-state index contributed by atoms with van der Waals surface area (Å²) in [5.41, 5.74) is 6.33. The topological polar surface area (TPSA) is 46.3 Å². The molecule has 0 spiro atoms. The molecule has 0 aromatic heterocycles. The first-order valence-electron chi connectivity index (χ1n) is 8.02. The maximum atomic E-state index is 12.2. The quantitative estimate of drug-likeness (QED) is 0.847. The smallest absolute Gasteiger partial charge is 0.239 e. The zero-order valence-corrected chi connectivity index (χ0v) is 12.4. The minimum absolute atomic E-state index is 0.137. The summed E-state index contributed by atoms with van der Waals surface area (Å²) in [5, 5.41) is 0. The van der Waals surface area contributed by atoms with Gasteiger partial charge in [0, 0.05) is 13.6 Å². The van der Waals surface area contributed by atoms with Crippen molar-refractivity contribution < 1.29 is 4.79 Å². The van der Waals surface area contributed by atoms with Gasteiger partial charge in [-0.2, -0.15) is 0 Å². The van der Waals surface area contributed by atoms with Gasteiger partial charge in [-0.15, -0.1) is 0 Å². The molecule has 4 aliphatic rings. The van der Waals surface area contributed by atoms with Crippen LogP contribution in [0.5, 0.6) is 0 Å². The molecule has 4 fully saturated rings. The number of carbonyl (C=O) groups excluding carboxylic acids is 1. The van der Waals surface area contributed by atoms with Crippen molar-refractivity contribution >= 4 is 5.91 Å². The highest BCUT2D eigenvalue weighted by atomic mass is 16.2. The van der Waals surface area contributed by atoms with E-state index in [1.165, 1.54) is 38.5 Å². The molecule has 4 bridgehead atoms. The number of likely N-dealkylation sites (N-methyl/N-ethyl adjacent to an activating group) is 1. The molecule has 3 nitrogen and oxygen atoms in total.